The van der Waals surface area contributed by atoms with Gasteiger partial charge in [0, 0.05) is 16.8 Å². The molecule has 0 unspecified atom stereocenters. The number of carbonyl (C=O) groups is 1. The summed E-state index contributed by atoms with van der Waals surface area (Å²) < 4.78 is 7.30. The Morgan fingerprint density at radius 3 is 2.73 bits per heavy atom. The number of benzene rings is 1. The Balaban J connectivity index is 1.71. The molecule has 3 rings (SSSR count). The standard InChI is InChI=1S/C18H18ClN5O2/c1-11-7-12(2)24(23-11)17-9-16(20-10-21-17)22-18(25)13(3)26-15-6-4-5-14(19)8-15/h4-10,13H,1-3H3,(H,20,21,22,25)/t13-/m1/s1. The third-order valence-electron chi connectivity index (χ3n) is 3.61. The third kappa shape index (κ3) is 4.18. The summed E-state index contributed by atoms with van der Waals surface area (Å²) in [4.78, 5) is 20.7. The Morgan fingerprint density at radius 2 is 2.04 bits per heavy atom. The van der Waals surface area contributed by atoms with Gasteiger partial charge in [-0.2, -0.15) is 5.10 Å². The lowest BCUT2D eigenvalue weighted by atomic mass is 10.3. The zero-order chi connectivity index (χ0) is 18.7. The molecule has 1 aromatic carbocycles. The van der Waals surface area contributed by atoms with Gasteiger partial charge in [-0.3, -0.25) is 4.79 Å². The van der Waals surface area contributed by atoms with Crippen LogP contribution < -0.4 is 10.1 Å². The maximum atomic E-state index is 12.4. The van der Waals surface area contributed by atoms with Gasteiger partial charge in [-0.25, -0.2) is 14.6 Å². The molecule has 0 aliphatic heterocycles. The summed E-state index contributed by atoms with van der Waals surface area (Å²) in [6, 6.07) is 10.5. The Kier molecular flexibility index (Phi) is 5.18. The average Bonchev–Trinajstić information content (AvgIpc) is 2.93. The number of hydrogen-bond donors (Lipinski definition) is 1. The summed E-state index contributed by atoms with van der Waals surface area (Å²) in [5.41, 5.74) is 1.83. The molecule has 0 radical (unpaired) electrons. The second kappa shape index (κ2) is 7.53. The van der Waals surface area contributed by atoms with Gasteiger partial charge in [0.1, 0.15) is 17.9 Å². The van der Waals surface area contributed by atoms with Crippen LogP contribution in [0.4, 0.5) is 5.82 Å². The molecule has 26 heavy (non-hydrogen) atoms. The van der Waals surface area contributed by atoms with Crippen LogP contribution in [-0.4, -0.2) is 31.8 Å². The maximum absolute atomic E-state index is 12.4. The molecule has 2 aromatic heterocycles. The van der Waals surface area contributed by atoms with Crippen LogP contribution >= 0.6 is 11.6 Å². The van der Waals surface area contributed by atoms with Gasteiger partial charge >= 0.3 is 0 Å². The topological polar surface area (TPSA) is 81.9 Å². The van der Waals surface area contributed by atoms with Gasteiger partial charge in [-0.15, -0.1) is 0 Å². The van der Waals surface area contributed by atoms with Crippen molar-refractivity contribution in [3.8, 4) is 11.6 Å². The predicted octanol–water partition coefficient (Wildman–Crippen LogP) is 3.34. The summed E-state index contributed by atoms with van der Waals surface area (Å²) in [5, 5.41) is 7.64. The first-order valence-corrected chi connectivity index (χ1v) is 8.39. The number of ether oxygens (including phenoxy) is 1. The Morgan fingerprint density at radius 1 is 1.23 bits per heavy atom. The largest absolute Gasteiger partial charge is 0.481 e. The molecule has 1 amide bonds. The van der Waals surface area contributed by atoms with E-state index in [4.69, 9.17) is 16.3 Å². The van der Waals surface area contributed by atoms with Crippen LogP contribution in [0, 0.1) is 13.8 Å². The lowest BCUT2D eigenvalue weighted by molar-refractivity contribution is -0.122. The van der Waals surface area contributed by atoms with Gasteiger partial charge in [-0.1, -0.05) is 17.7 Å². The molecule has 3 aromatic rings. The second-order valence-corrected chi connectivity index (χ2v) is 6.24. The number of carbonyl (C=O) groups excluding carboxylic acids is 1. The Hall–Kier alpha value is -2.93. The number of anilines is 1. The van der Waals surface area contributed by atoms with Crippen molar-refractivity contribution in [1.29, 1.82) is 0 Å². The van der Waals surface area contributed by atoms with Gasteiger partial charge in [0.25, 0.3) is 5.91 Å². The van der Waals surface area contributed by atoms with Crippen molar-refractivity contribution in [2.24, 2.45) is 0 Å². The van der Waals surface area contributed by atoms with E-state index in [2.05, 4.69) is 20.4 Å². The smallest absolute Gasteiger partial charge is 0.266 e. The molecular formula is C18H18ClN5O2. The highest BCUT2D eigenvalue weighted by atomic mass is 35.5. The molecule has 0 fully saturated rings. The number of hydrogen-bond acceptors (Lipinski definition) is 5. The number of amides is 1. The Bertz CT molecular complexity index is 941. The molecule has 134 valence electrons. The van der Waals surface area contributed by atoms with Crippen molar-refractivity contribution >= 4 is 23.3 Å². The van der Waals surface area contributed by atoms with Crippen LogP contribution in [0.15, 0.2) is 42.7 Å². The summed E-state index contributed by atoms with van der Waals surface area (Å²) in [5.74, 6) is 1.13. The minimum absolute atomic E-state index is 0.331. The lowest BCUT2D eigenvalue weighted by Crippen LogP contribution is -2.30. The van der Waals surface area contributed by atoms with Gasteiger partial charge < -0.3 is 10.1 Å². The first-order chi connectivity index (χ1) is 12.4. The molecule has 0 saturated carbocycles. The fourth-order valence-corrected chi connectivity index (χ4v) is 2.60. The van der Waals surface area contributed by atoms with E-state index >= 15 is 0 Å². The van der Waals surface area contributed by atoms with Crippen LogP contribution in [0.25, 0.3) is 5.82 Å². The molecule has 7 nitrogen and oxygen atoms in total. The highest BCUT2D eigenvalue weighted by molar-refractivity contribution is 6.30. The van der Waals surface area contributed by atoms with Crippen molar-refractivity contribution < 1.29 is 9.53 Å². The van der Waals surface area contributed by atoms with Crippen LogP contribution in [0.2, 0.25) is 5.02 Å². The molecule has 8 heteroatoms. The summed E-state index contributed by atoms with van der Waals surface area (Å²) in [7, 11) is 0. The van der Waals surface area contributed by atoms with E-state index in [-0.39, 0.29) is 5.91 Å². The van der Waals surface area contributed by atoms with E-state index in [0.29, 0.717) is 22.4 Å². The molecule has 0 saturated heterocycles. The van der Waals surface area contributed by atoms with E-state index in [1.807, 2.05) is 19.9 Å². The summed E-state index contributed by atoms with van der Waals surface area (Å²) in [6.07, 6.45) is 0.657. The van der Waals surface area contributed by atoms with Gasteiger partial charge in [0.05, 0.1) is 5.69 Å². The molecule has 0 aliphatic carbocycles. The Labute approximate surface area is 156 Å². The van der Waals surface area contributed by atoms with E-state index in [1.54, 1.807) is 41.9 Å². The van der Waals surface area contributed by atoms with E-state index in [9.17, 15) is 4.79 Å². The fourth-order valence-electron chi connectivity index (χ4n) is 2.42. The van der Waals surface area contributed by atoms with Crippen molar-refractivity contribution in [2.45, 2.75) is 26.9 Å². The van der Waals surface area contributed by atoms with Crippen molar-refractivity contribution in [2.75, 3.05) is 5.32 Å². The minimum atomic E-state index is -0.722. The van der Waals surface area contributed by atoms with Gasteiger partial charge in [0.15, 0.2) is 11.9 Å². The highest BCUT2D eigenvalue weighted by Crippen LogP contribution is 2.19. The molecular weight excluding hydrogens is 354 g/mol. The van der Waals surface area contributed by atoms with E-state index < -0.39 is 6.10 Å². The average molecular weight is 372 g/mol. The van der Waals surface area contributed by atoms with Gasteiger partial charge in [-0.05, 0) is 45.0 Å². The number of nitrogens with zero attached hydrogens (tertiary/aromatic N) is 4. The molecule has 0 spiro atoms. The number of nitrogens with one attached hydrogen (secondary N) is 1. The monoisotopic (exact) mass is 371 g/mol. The number of halogens is 1. The number of aromatic nitrogens is 4. The molecule has 2 heterocycles. The first-order valence-electron chi connectivity index (χ1n) is 8.01. The highest BCUT2D eigenvalue weighted by Gasteiger charge is 2.16. The third-order valence-corrected chi connectivity index (χ3v) is 3.84. The fraction of sp³-hybridized carbons (Fsp3) is 0.222. The molecule has 1 atom stereocenters. The molecule has 1 N–H and O–H groups in total. The van der Waals surface area contributed by atoms with Crippen LogP contribution in [0.5, 0.6) is 5.75 Å². The molecule has 0 bridgehead atoms. The van der Waals surface area contributed by atoms with E-state index in [1.165, 1.54) is 6.33 Å². The predicted molar refractivity (Wildman–Crippen MR) is 98.8 cm³/mol. The normalized spacial score (nSPS) is 11.8. The second-order valence-electron chi connectivity index (χ2n) is 5.81. The van der Waals surface area contributed by atoms with Crippen LogP contribution in [-0.2, 0) is 4.79 Å². The minimum Gasteiger partial charge on any atom is -0.481 e. The van der Waals surface area contributed by atoms with Crippen molar-refractivity contribution in [3.05, 3.63) is 59.1 Å². The zero-order valence-electron chi connectivity index (χ0n) is 14.6. The maximum Gasteiger partial charge on any atom is 0.266 e. The van der Waals surface area contributed by atoms with Crippen LogP contribution in [0.3, 0.4) is 0 Å². The van der Waals surface area contributed by atoms with Crippen molar-refractivity contribution in [3.63, 3.8) is 0 Å². The van der Waals surface area contributed by atoms with E-state index in [0.717, 1.165) is 11.4 Å². The lowest BCUT2D eigenvalue weighted by Gasteiger charge is -2.14. The molecule has 0 aliphatic rings. The number of aryl methyl sites for hydroxylation is 2. The summed E-state index contributed by atoms with van der Waals surface area (Å²) in [6.45, 7) is 5.49. The quantitative estimate of drug-likeness (QED) is 0.743. The van der Waals surface area contributed by atoms with Crippen molar-refractivity contribution in [1.82, 2.24) is 19.7 Å². The SMILES string of the molecule is Cc1cc(C)n(-c2cc(NC(=O)[C@@H](C)Oc3cccc(Cl)c3)ncn2)n1. The van der Waals surface area contributed by atoms with Crippen LogP contribution in [0.1, 0.15) is 18.3 Å². The van der Waals surface area contributed by atoms with Gasteiger partial charge in [0.2, 0.25) is 0 Å². The first kappa shape index (κ1) is 17.9. The zero-order valence-corrected chi connectivity index (χ0v) is 15.4. The summed E-state index contributed by atoms with van der Waals surface area (Å²) >= 11 is 5.92. The number of rotatable bonds is 5.